The average Bonchev–Trinajstić information content (AvgIpc) is 3.11. The molecule has 7 N–H and O–H groups in total. The van der Waals surface area contributed by atoms with E-state index in [-0.39, 0.29) is 24.3 Å². The molecule has 0 radical (unpaired) electrons. The molecule has 0 bridgehead atoms. The summed E-state index contributed by atoms with van der Waals surface area (Å²) >= 11 is 0. The summed E-state index contributed by atoms with van der Waals surface area (Å²) in [5.74, 6) is -1.71. The lowest BCUT2D eigenvalue weighted by atomic mass is 10.00. The van der Waals surface area contributed by atoms with Crippen LogP contribution in [-0.2, 0) is 36.8 Å². The zero-order valence-corrected chi connectivity index (χ0v) is 29.8. The van der Waals surface area contributed by atoms with E-state index in [1.807, 2.05) is 74.5 Å². The summed E-state index contributed by atoms with van der Waals surface area (Å²) in [7, 11) is 1.35. The van der Waals surface area contributed by atoms with Gasteiger partial charge < -0.3 is 42.0 Å². The van der Waals surface area contributed by atoms with Crippen molar-refractivity contribution in [2.45, 2.75) is 89.5 Å². The Hall–Kier alpha value is -4.49. The van der Waals surface area contributed by atoms with Crippen LogP contribution in [0, 0.1) is 5.92 Å². The molecule has 0 saturated carbocycles. The van der Waals surface area contributed by atoms with Crippen molar-refractivity contribution < 1.29 is 28.7 Å². The first-order valence-electron chi connectivity index (χ1n) is 17.5. The van der Waals surface area contributed by atoms with Gasteiger partial charge in [0.25, 0.3) is 0 Å². The van der Waals surface area contributed by atoms with E-state index in [2.05, 4.69) is 16.0 Å². The first kappa shape index (κ1) is 39.9. The molecule has 1 fully saturated rings. The van der Waals surface area contributed by atoms with E-state index in [1.165, 1.54) is 7.11 Å². The minimum atomic E-state index is -0.996. The summed E-state index contributed by atoms with van der Waals surface area (Å²) in [5.41, 5.74) is 13.6. The zero-order valence-electron chi connectivity index (χ0n) is 29.8. The molecular weight excluding hydrogens is 638 g/mol. The number of hydrogen-bond donors (Lipinski definition) is 5. The monoisotopic (exact) mass is 693 g/mol. The number of nitrogens with two attached hydrogens (primary N) is 2. The van der Waals surface area contributed by atoms with Gasteiger partial charge in [0.2, 0.25) is 23.6 Å². The van der Waals surface area contributed by atoms with Crippen molar-refractivity contribution in [1.29, 1.82) is 0 Å². The molecule has 0 unspecified atom stereocenters. The fourth-order valence-electron chi connectivity index (χ4n) is 6.12. The van der Waals surface area contributed by atoms with Gasteiger partial charge in [0.15, 0.2) is 0 Å². The number of rotatable bonds is 17. The predicted octanol–water partition coefficient (Wildman–Crippen LogP) is 1.73. The first-order chi connectivity index (χ1) is 23.9. The molecule has 50 heavy (non-hydrogen) atoms. The number of likely N-dealkylation sites (tertiary alicyclic amines) is 1. The van der Waals surface area contributed by atoms with E-state index in [9.17, 15) is 24.0 Å². The normalized spacial score (nSPS) is 15.7. The predicted molar refractivity (Wildman–Crippen MR) is 192 cm³/mol. The lowest BCUT2D eigenvalue weighted by molar-refractivity contribution is -0.138. The van der Waals surface area contributed by atoms with Crippen molar-refractivity contribution in [3.05, 3.63) is 71.8 Å². The molecule has 0 spiro atoms. The molecule has 1 aliphatic rings. The molecule has 1 aliphatic heterocycles. The average molecular weight is 694 g/mol. The summed E-state index contributed by atoms with van der Waals surface area (Å²) in [5, 5.41) is 8.46. The van der Waals surface area contributed by atoms with Crippen molar-refractivity contribution in [2.75, 3.05) is 33.3 Å². The van der Waals surface area contributed by atoms with E-state index in [0.29, 0.717) is 58.3 Å². The van der Waals surface area contributed by atoms with Crippen molar-refractivity contribution in [3.8, 4) is 0 Å². The number of nitrogens with one attached hydrogen (secondary N) is 3. The van der Waals surface area contributed by atoms with Crippen LogP contribution in [0.5, 0.6) is 0 Å². The Morgan fingerprint density at radius 1 is 0.820 bits per heavy atom. The van der Waals surface area contributed by atoms with E-state index >= 15 is 0 Å². The molecule has 274 valence electrons. The minimum Gasteiger partial charge on any atom is -0.453 e. The molecule has 1 heterocycles. The van der Waals surface area contributed by atoms with Crippen LogP contribution >= 0.6 is 0 Å². The number of ether oxygens (including phenoxy) is 1. The fraction of sp³-hybridized carbons (Fsp3) is 0.541. The van der Waals surface area contributed by atoms with Crippen LogP contribution in [0.3, 0.4) is 0 Å². The number of amides is 5. The molecular formula is C37H55N7O6. The highest BCUT2D eigenvalue weighted by atomic mass is 16.5. The van der Waals surface area contributed by atoms with Crippen LogP contribution in [0.15, 0.2) is 60.7 Å². The van der Waals surface area contributed by atoms with Crippen molar-refractivity contribution in [1.82, 2.24) is 25.8 Å². The molecule has 0 aromatic heterocycles. The second-order valence-corrected chi connectivity index (χ2v) is 13.3. The standard InChI is InChI=1S/C37H55N7O6/c1-25(2)22-31(34(46)40-26(3)36(48)43-20-16-29(17-21-43)44(19-11-18-38)37(49)50-4)42-35(47)32(24-28-14-9-6-10-15-28)41-33(45)30(39)23-27-12-7-5-8-13-27/h5-10,12-15,25-26,29-32H,11,16-24,38-39H2,1-4H3,(H,40,46)(H,41,45)(H,42,47)/t26-,30-,31-,32-/m1/s1. The maximum atomic E-state index is 13.8. The highest BCUT2D eigenvalue weighted by Crippen LogP contribution is 2.19. The second-order valence-electron chi connectivity index (χ2n) is 13.3. The molecule has 2 aromatic carbocycles. The van der Waals surface area contributed by atoms with Gasteiger partial charge in [-0.3, -0.25) is 19.2 Å². The quantitative estimate of drug-likeness (QED) is 0.166. The minimum absolute atomic E-state index is 0.0366. The molecule has 0 aliphatic carbocycles. The molecule has 5 amide bonds. The third-order valence-electron chi connectivity index (χ3n) is 8.85. The van der Waals surface area contributed by atoms with E-state index in [1.54, 1.807) is 16.7 Å². The van der Waals surface area contributed by atoms with Gasteiger partial charge >= 0.3 is 6.09 Å². The van der Waals surface area contributed by atoms with Crippen LogP contribution in [0.2, 0.25) is 0 Å². The Labute approximate surface area is 295 Å². The smallest absolute Gasteiger partial charge is 0.409 e. The molecule has 13 heteroatoms. The highest BCUT2D eigenvalue weighted by molar-refractivity contribution is 5.95. The van der Waals surface area contributed by atoms with Gasteiger partial charge in [0.05, 0.1) is 13.2 Å². The summed E-state index contributed by atoms with van der Waals surface area (Å²) in [6.07, 6.45) is 2.18. The molecule has 4 atom stereocenters. The number of carbonyl (C=O) groups is 5. The van der Waals surface area contributed by atoms with Crippen molar-refractivity contribution in [2.24, 2.45) is 17.4 Å². The number of methoxy groups -OCH3 is 1. The lowest BCUT2D eigenvalue weighted by Crippen LogP contribution is -2.59. The third kappa shape index (κ3) is 12.4. The van der Waals surface area contributed by atoms with E-state index in [0.717, 1.165) is 11.1 Å². The number of piperidine rings is 1. The van der Waals surface area contributed by atoms with Gasteiger partial charge in [-0.05, 0) is 62.6 Å². The van der Waals surface area contributed by atoms with Gasteiger partial charge in [-0.1, -0.05) is 74.5 Å². The Morgan fingerprint density at radius 3 is 1.90 bits per heavy atom. The SMILES string of the molecule is COC(=O)N(CCCN)C1CCN(C(=O)[C@@H](C)NC(=O)[C@@H](CC(C)C)NC(=O)[C@@H](Cc2ccccc2)NC(=O)[C@H](N)Cc2ccccc2)CC1. The Kier molecular flexibility index (Phi) is 16.2. The topological polar surface area (TPSA) is 189 Å². The van der Waals surface area contributed by atoms with Crippen LogP contribution in [0.25, 0.3) is 0 Å². The van der Waals surface area contributed by atoms with Crippen LogP contribution in [0.4, 0.5) is 4.79 Å². The van der Waals surface area contributed by atoms with Crippen molar-refractivity contribution >= 4 is 29.7 Å². The highest BCUT2D eigenvalue weighted by Gasteiger charge is 2.34. The Bertz CT molecular complexity index is 1390. The Balaban J connectivity index is 1.65. The van der Waals surface area contributed by atoms with E-state index in [4.69, 9.17) is 16.2 Å². The van der Waals surface area contributed by atoms with Gasteiger partial charge in [-0.15, -0.1) is 0 Å². The molecule has 3 rings (SSSR count). The van der Waals surface area contributed by atoms with Crippen LogP contribution < -0.4 is 27.4 Å². The maximum Gasteiger partial charge on any atom is 0.409 e. The largest absolute Gasteiger partial charge is 0.453 e. The number of carbonyl (C=O) groups excluding carboxylic acids is 5. The zero-order chi connectivity index (χ0) is 36.6. The van der Waals surface area contributed by atoms with Gasteiger partial charge in [-0.2, -0.15) is 0 Å². The summed E-state index contributed by atoms with van der Waals surface area (Å²) < 4.78 is 4.95. The van der Waals surface area contributed by atoms with Crippen LogP contribution in [-0.4, -0.2) is 103 Å². The van der Waals surface area contributed by atoms with Crippen molar-refractivity contribution in [3.63, 3.8) is 0 Å². The van der Waals surface area contributed by atoms with Gasteiger partial charge in [0.1, 0.15) is 18.1 Å². The van der Waals surface area contributed by atoms with Crippen LogP contribution in [0.1, 0.15) is 57.6 Å². The third-order valence-corrected chi connectivity index (χ3v) is 8.85. The summed E-state index contributed by atoms with van der Waals surface area (Å²) in [4.78, 5) is 69.7. The lowest BCUT2D eigenvalue weighted by Gasteiger charge is -2.38. The van der Waals surface area contributed by atoms with E-state index < -0.39 is 48.0 Å². The Morgan fingerprint density at radius 2 is 1.36 bits per heavy atom. The molecule has 1 saturated heterocycles. The summed E-state index contributed by atoms with van der Waals surface area (Å²) in [6.45, 7) is 7.25. The fourth-order valence-corrected chi connectivity index (χ4v) is 6.12. The molecule has 13 nitrogen and oxygen atoms in total. The first-order valence-corrected chi connectivity index (χ1v) is 17.5. The van der Waals surface area contributed by atoms with Gasteiger partial charge in [-0.25, -0.2) is 4.79 Å². The number of nitrogens with zero attached hydrogens (tertiary/aromatic N) is 2. The number of hydrogen-bond acceptors (Lipinski definition) is 8. The van der Waals surface area contributed by atoms with Gasteiger partial charge in [0, 0.05) is 32.1 Å². The maximum absolute atomic E-state index is 13.8. The second kappa shape index (κ2) is 20.2. The summed E-state index contributed by atoms with van der Waals surface area (Å²) in [6, 6.07) is 14.9. The number of benzene rings is 2. The molecule has 2 aromatic rings.